The lowest BCUT2D eigenvalue weighted by atomic mass is 10.0. The summed E-state index contributed by atoms with van der Waals surface area (Å²) in [6, 6.07) is 5.14. The maximum Gasteiger partial charge on any atom is 0.296 e. The van der Waals surface area contributed by atoms with Crippen molar-refractivity contribution in [1.29, 1.82) is 0 Å². The van der Waals surface area contributed by atoms with Gasteiger partial charge in [-0.25, -0.2) is 0 Å². The average molecular weight is 461 g/mol. The SMILES string of the molecule is Cc1cc(I)c(C)c(C)c1C.Cc1cc(N)c(S(=O)(=O)O)cc1C. The summed E-state index contributed by atoms with van der Waals surface area (Å²) in [6.45, 7) is 12.3. The van der Waals surface area contributed by atoms with Gasteiger partial charge in [0.2, 0.25) is 0 Å². The molecular formula is C18H24INO3S. The molecule has 6 heteroatoms. The molecule has 0 aliphatic carbocycles. The van der Waals surface area contributed by atoms with Crippen molar-refractivity contribution in [2.75, 3.05) is 5.73 Å². The van der Waals surface area contributed by atoms with E-state index in [2.05, 4.69) is 56.4 Å². The van der Waals surface area contributed by atoms with Crippen molar-refractivity contribution in [1.82, 2.24) is 0 Å². The van der Waals surface area contributed by atoms with Gasteiger partial charge in [0.05, 0.1) is 5.69 Å². The second-order valence-corrected chi connectivity index (χ2v) is 8.55. The Kier molecular flexibility index (Phi) is 6.84. The summed E-state index contributed by atoms with van der Waals surface area (Å²) in [6.07, 6.45) is 0. The third-order valence-electron chi connectivity index (χ3n) is 4.32. The first-order valence-corrected chi connectivity index (χ1v) is 9.95. The second kappa shape index (κ2) is 7.84. The van der Waals surface area contributed by atoms with Crippen LogP contribution in [-0.2, 0) is 10.1 Å². The van der Waals surface area contributed by atoms with E-state index in [9.17, 15) is 8.42 Å². The fraction of sp³-hybridized carbons (Fsp3) is 0.333. The van der Waals surface area contributed by atoms with E-state index >= 15 is 0 Å². The number of rotatable bonds is 1. The molecule has 0 aliphatic heterocycles. The molecule has 4 nitrogen and oxygen atoms in total. The van der Waals surface area contributed by atoms with Crippen LogP contribution in [-0.4, -0.2) is 13.0 Å². The van der Waals surface area contributed by atoms with Gasteiger partial charge in [0.1, 0.15) is 4.90 Å². The van der Waals surface area contributed by atoms with Gasteiger partial charge in [0.25, 0.3) is 10.1 Å². The van der Waals surface area contributed by atoms with Crippen molar-refractivity contribution in [3.8, 4) is 0 Å². The third-order valence-corrected chi connectivity index (χ3v) is 6.35. The van der Waals surface area contributed by atoms with Crippen LogP contribution in [0.15, 0.2) is 23.1 Å². The van der Waals surface area contributed by atoms with Gasteiger partial charge in [-0.15, -0.1) is 0 Å². The van der Waals surface area contributed by atoms with Crippen LogP contribution in [0.3, 0.4) is 0 Å². The maximum absolute atomic E-state index is 10.8. The number of benzene rings is 2. The molecule has 0 radical (unpaired) electrons. The van der Waals surface area contributed by atoms with Crippen molar-refractivity contribution < 1.29 is 13.0 Å². The van der Waals surface area contributed by atoms with Gasteiger partial charge in [-0.2, -0.15) is 8.42 Å². The molecule has 0 fully saturated rings. The predicted octanol–water partition coefficient (Wildman–Crippen LogP) is 4.66. The molecule has 0 aromatic heterocycles. The van der Waals surface area contributed by atoms with E-state index in [0.717, 1.165) is 11.1 Å². The lowest BCUT2D eigenvalue weighted by molar-refractivity contribution is 0.483. The van der Waals surface area contributed by atoms with Crippen LogP contribution in [0, 0.1) is 45.1 Å². The van der Waals surface area contributed by atoms with Crippen LogP contribution >= 0.6 is 22.6 Å². The Morgan fingerprint density at radius 2 is 1.33 bits per heavy atom. The summed E-state index contributed by atoms with van der Waals surface area (Å²) in [7, 11) is -4.20. The molecule has 0 atom stereocenters. The standard InChI is InChI=1S/C10H13I.C8H11NO3S/c1-6-5-10(11)9(4)8(3)7(6)2;1-5-3-7(9)8(4-6(5)2)13(10,11)12/h5H,1-4H3;3-4H,9H2,1-2H3,(H,10,11,12). The molecule has 2 aromatic carbocycles. The molecule has 0 spiro atoms. The molecule has 2 rings (SSSR count). The maximum atomic E-state index is 10.8. The van der Waals surface area contributed by atoms with Gasteiger partial charge < -0.3 is 5.73 Å². The summed E-state index contributed by atoms with van der Waals surface area (Å²) in [5, 5.41) is 0. The topological polar surface area (TPSA) is 80.4 Å². The van der Waals surface area contributed by atoms with Gasteiger partial charge in [0, 0.05) is 3.57 Å². The minimum Gasteiger partial charge on any atom is -0.398 e. The zero-order valence-electron chi connectivity index (χ0n) is 14.9. The predicted molar refractivity (Wildman–Crippen MR) is 108 cm³/mol. The molecule has 132 valence electrons. The Hall–Kier alpha value is -1.12. The zero-order valence-corrected chi connectivity index (χ0v) is 17.8. The van der Waals surface area contributed by atoms with Crippen molar-refractivity contribution in [2.24, 2.45) is 0 Å². The summed E-state index contributed by atoms with van der Waals surface area (Å²) in [5.74, 6) is 0. The number of nitrogen functional groups attached to an aromatic ring is 1. The van der Waals surface area contributed by atoms with Gasteiger partial charge in [0.15, 0.2) is 0 Å². The van der Waals surface area contributed by atoms with Crippen molar-refractivity contribution in [3.63, 3.8) is 0 Å². The number of aryl methyl sites for hydroxylation is 3. The number of anilines is 1. The molecule has 0 unspecified atom stereocenters. The van der Waals surface area contributed by atoms with Crippen molar-refractivity contribution >= 4 is 38.4 Å². The molecule has 0 aliphatic rings. The van der Waals surface area contributed by atoms with Crippen molar-refractivity contribution in [2.45, 2.75) is 46.4 Å². The highest BCUT2D eigenvalue weighted by Crippen LogP contribution is 2.22. The fourth-order valence-corrected chi connectivity index (χ4v) is 3.75. The average Bonchev–Trinajstić information content (AvgIpc) is 2.46. The molecule has 3 N–H and O–H groups in total. The van der Waals surface area contributed by atoms with Crippen LogP contribution in [0.4, 0.5) is 5.69 Å². The molecule has 0 heterocycles. The lowest BCUT2D eigenvalue weighted by Crippen LogP contribution is -2.04. The third kappa shape index (κ3) is 4.94. The van der Waals surface area contributed by atoms with Crippen LogP contribution in [0.1, 0.15) is 33.4 Å². The number of halogens is 1. The zero-order chi connectivity index (χ0) is 18.8. The van der Waals surface area contributed by atoms with Crippen LogP contribution < -0.4 is 5.73 Å². The van der Waals surface area contributed by atoms with E-state index in [4.69, 9.17) is 10.3 Å². The highest BCUT2D eigenvalue weighted by molar-refractivity contribution is 14.1. The van der Waals surface area contributed by atoms with Crippen LogP contribution in [0.2, 0.25) is 0 Å². The molecule has 24 heavy (non-hydrogen) atoms. The molecule has 0 amide bonds. The van der Waals surface area contributed by atoms with Crippen molar-refractivity contribution in [3.05, 3.63) is 55.1 Å². The first-order valence-electron chi connectivity index (χ1n) is 7.43. The summed E-state index contributed by atoms with van der Waals surface area (Å²) < 4.78 is 31.7. The minimum absolute atomic E-state index is 0.0746. The largest absolute Gasteiger partial charge is 0.398 e. The number of nitrogens with two attached hydrogens (primary N) is 1. The molecule has 2 aromatic rings. The first kappa shape index (κ1) is 20.9. The van der Waals surface area contributed by atoms with Gasteiger partial charge in [-0.1, -0.05) is 0 Å². The smallest absolute Gasteiger partial charge is 0.296 e. The molecule has 0 saturated heterocycles. The quantitative estimate of drug-likeness (QED) is 0.368. The highest BCUT2D eigenvalue weighted by atomic mass is 127. The van der Waals surface area contributed by atoms with E-state index in [1.165, 1.54) is 38.0 Å². The van der Waals surface area contributed by atoms with Gasteiger partial charge in [-0.05, 0) is 116 Å². The van der Waals surface area contributed by atoms with Crippen LogP contribution in [0.5, 0.6) is 0 Å². The van der Waals surface area contributed by atoms with E-state index in [1.54, 1.807) is 6.92 Å². The van der Waals surface area contributed by atoms with E-state index < -0.39 is 10.1 Å². The van der Waals surface area contributed by atoms with Crippen LogP contribution in [0.25, 0.3) is 0 Å². The highest BCUT2D eigenvalue weighted by Gasteiger charge is 2.14. The Morgan fingerprint density at radius 1 is 0.833 bits per heavy atom. The second-order valence-electron chi connectivity index (χ2n) is 6.00. The monoisotopic (exact) mass is 461 g/mol. The Labute approximate surface area is 158 Å². The first-order chi connectivity index (χ1) is 10.9. The summed E-state index contributed by atoms with van der Waals surface area (Å²) in [5.41, 5.74) is 12.9. The Morgan fingerprint density at radius 3 is 1.83 bits per heavy atom. The Bertz CT molecular complexity index is 848. The van der Waals surface area contributed by atoms with E-state index in [0.29, 0.717) is 0 Å². The lowest BCUT2D eigenvalue weighted by Gasteiger charge is -2.09. The van der Waals surface area contributed by atoms with E-state index in [1.807, 2.05) is 6.92 Å². The summed E-state index contributed by atoms with van der Waals surface area (Å²) in [4.78, 5) is -0.226. The van der Waals surface area contributed by atoms with E-state index in [-0.39, 0.29) is 10.6 Å². The minimum atomic E-state index is -4.20. The Balaban J connectivity index is 0.000000243. The molecular weight excluding hydrogens is 437 g/mol. The number of hydrogen-bond donors (Lipinski definition) is 2. The fourth-order valence-electron chi connectivity index (χ4n) is 2.20. The normalized spacial score (nSPS) is 11.0. The molecule has 0 bridgehead atoms. The number of hydrogen-bond acceptors (Lipinski definition) is 3. The molecule has 0 saturated carbocycles. The van der Waals surface area contributed by atoms with Gasteiger partial charge >= 0.3 is 0 Å². The van der Waals surface area contributed by atoms with Gasteiger partial charge in [-0.3, -0.25) is 4.55 Å². The summed E-state index contributed by atoms with van der Waals surface area (Å²) >= 11 is 2.39.